The van der Waals surface area contributed by atoms with Gasteiger partial charge in [-0.15, -0.1) is 0 Å². The van der Waals surface area contributed by atoms with Gasteiger partial charge in [0.15, 0.2) is 5.76 Å². The quantitative estimate of drug-likeness (QED) is 0.490. The summed E-state index contributed by atoms with van der Waals surface area (Å²) < 4.78 is 37.7. The highest BCUT2D eigenvalue weighted by Gasteiger charge is 2.35. The summed E-state index contributed by atoms with van der Waals surface area (Å²) in [7, 11) is -4.08. The summed E-state index contributed by atoms with van der Waals surface area (Å²) in [6.07, 6.45) is 6.00. The molecule has 0 amide bonds. The first-order chi connectivity index (χ1) is 14.8. The smallest absolute Gasteiger partial charge is 0.333 e. The van der Waals surface area contributed by atoms with Gasteiger partial charge in [-0.2, -0.15) is 8.42 Å². The zero-order chi connectivity index (χ0) is 22.0. The van der Waals surface area contributed by atoms with Gasteiger partial charge in [-0.25, -0.2) is 15.1 Å². The van der Waals surface area contributed by atoms with Crippen LogP contribution in [0, 0.1) is 5.92 Å². The van der Waals surface area contributed by atoms with Crippen LogP contribution in [0.1, 0.15) is 53.5 Å². The number of aromatic nitrogens is 2. The minimum Gasteiger partial charge on any atom is -0.460 e. The summed E-state index contributed by atoms with van der Waals surface area (Å²) in [6, 6.07) is 1.43. The van der Waals surface area contributed by atoms with Crippen LogP contribution in [-0.2, 0) is 19.2 Å². The standard InChI is InChI=1S/C19H24N4O7S/c20-31(26,27)30-9-11-4-13(6-15(11)24)23-19-14(7-21-10-22-19)18(25)17-5-12(8-29-17)16-2-1-3-28-16/h5,7-8,10-11,13,15-16,24H,1-4,6,9H2,(H2,20,26,27)(H,21,22,23)/t11-,13-,15+,16?/m1/s1. The normalized spacial score (nSPS) is 26.3. The van der Waals surface area contributed by atoms with E-state index in [9.17, 15) is 18.3 Å². The predicted octanol–water partition coefficient (Wildman–Crippen LogP) is 0.924. The number of hydrogen-bond donors (Lipinski definition) is 3. The third kappa shape index (κ3) is 5.28. The number of carbonyl (C=O) groups is 1. The molecule has 0 radical (unpaired) electrons. The second kappa shape index (κ2) is 9.01. The Morgan fingerprint density at radius 2 is 2.23 bits per heavy atom. The fourth-order valence-corrected chi connectivity index (χ4v) is 4.36. The van der Waals surface area contributed by atoms with E-state index in [4.69, 9.17) is 14.3 Å². The molecule has 1 aliphatic heterocycles. The zero-order valence-electron chi connectivity index (χ0n) is 16.6. The lowest BCUT2D eigenvalue weighted by Crippen LogP contribution is -2.24. The molecule has 0 bridgehead atoms. The number of aliphatic hydroxyl groups excluding tert-OH is 1. The van der Waals surface area contributed by atoms with Gasteiger partial charge in [-0.1, -0.05) is 0 Å². The molecule has 168 valence electrons. The van der Waals surface area contributed by atoms with Gasteiger partial charge in [0.1, 0.15) is 12.1 Å². The van der Waals surface area contributed by atoms with E-state index in [0.29, 0.717) is 25.3 Å². The third-order valence-electron chi connectivity index (χ3n) is 5.55. The lowest BCUT2D eigenvalue weighted by atomic mass is 10.1. The number of rotatable bonds is 8. The van der Waals surface area contributed by atoms with Crippen molar-refractivity contribution in [2.45, 2.75) is 43.9 Å². The average molecular weight is 452 g/mol. The van der Waals surface area contributed by atoms with Crippen LogP contribution in [0.15, 0.2) is 29.3 Å². The van der Waals surface area contributed by atoms with Gasteiger partial charge in [0.2, 0.25) is 5.78 Å². The number of aliphatic hydroxyl groups is 1. The van der Waals surface area contributed by atoms with Crippen LogP contribution in [0.4, 0.5) is 5.82 Å². The number of hydrogen-bond acceptors (Lipinski definition) is 10. The molecule has 1 saturated heterocycles. The Labute approximate surface area is 179 Å². The maximum atomic E-state index is 13.0. The van der Waals surface area contributed by atoms with E-state index in [2.05, 4.69) is 19.5 Å². The number of anilines is 1. The first kappa shape index (κ1) is 21.8. The molecular formula is C19H24N4O7S. The van der Waals surface area contributed by atoms with Crippen LogP contribution in [-0.4, -0.2) is 54.6 Å². The van der Waals surface area contributed by atoms with Gasteiger partial charge >= 0.3 is 10.3 Å². The number of nitrogens with one attached hydrogen (secondary N) is 1. The summed E-state index contributed by atoms with van der Waals surface area (Å²) >= 11 is 0. The Balaban J connectivity index is 1.45. The van der Waals surface area contributed by atoms with Crippen molar-refractivity contribution in [3.8, 4) is 0 Å². The fraction of sp³-hybridized carbons (Fsp3) is 0.526. The second-order valence-electron chi connectivity index (χ2n) is 7.78. The number of nitrogens with zero attached hydrogens (tertiary/aromatic N) is 2. The molecule has 2 aromatic heterocycles. The number of ketones is 1. The second-order valence-corrected chi connectivity index (χ2v) is 9.00. The van der Waals surface area contributed by atoms with Gasteiger partial charge in [-0.05, 0) is 31.7 Å². The van der Waals surface area contributed by atoms with Gasteiger partial charge in [0, 0.05) is 30.3 Å². The first-order valence-corrected chi connectivity index (χ1v) is 11.4. The Hall–Kier alpha value is -2.38. The number of carbonyl (C=O) groups excluding carboxylic acids is 1. The van der Waals surface area contributed by atoms with Gasteiger partial charge in [0.25, 0.3) is 0 Å². The summed E-state index contributed by atoms with van der Waals surface area (Å²) in [5.41, 5.74) is 1.05. The van der Waals surface area contributed by atoms with Crippen LogP contribution < -0.4 is 10.5 Å². The van der Waals surface area contributed by atoms with E-state index in [1.807, 2.05) is 0 Å². The number of nitrogens with two attached hydrogens (primary N) is 1. The fourth-order valence-electron chi connectivity index (χ4n) is 4.00. The Morgan fingerprint density at radius 1 is 1.39 bits per heavy atom. The van der Waals surface area contributed by atoms with E-state index >= 15 is 0 Å². The molecule has 2 aromatic rings. The highest BCUT2D eigenvalue weighted by molar-refractivity contribution is 7.84. The van der Waals surface area contributed by atoms with E-state index in [1.165, 1.54) is 18.8 Å². The van der Waals surface area contributed by atoms with Crippen molar-refractivity contribution in [2.75, 3.05) is 18.5 Å². The summed E-state index contributed by atoms with van der Waals surface area (Å²) in [4.78, 5) is 21.1. The lowest BCUT2D eigenvalue weighted by molar-refractivity contribution is 0.100. The molecule has 4 atom stereocenters. The highest BCUT2D eigenvalue weighted by Crippen LogP contribution is 2.32. The molecule has 4 N–H and O–H groups in total. The topological polar surface area (TPSA) is 167 Å². The largest absolute Gasteiger partial charge is 0.460 e. The Bertz CT molecular complexity index is 1040. The maximum Gasteiger partial charge on any atom is 0.333 e. The third-order valence-corrected chi connectivity index (χ3v) is 6.01. The molecule has 1 saturated carbocycles. The monoisotopic (exact) mass is 452 g/mol. The minimum absolute atomic E-state index is 0.0635. The molecule has 2 fully saturated rings. The molecule has 3 heterocycles. The summed E-state index contributed by atoms with van der Waals surface area (Å²) in [5.74, 6) is -0.328. The summed E-state index contributed by atoms with van der Waals surface area (Å²) in [6.45, 7) is 0.475. The van der Waals surface area contributed by atoms with Crippen molar-refractivity contribution in [1.82, 2.24) is 9.97 Å². The number of furan rings is 1. The van der Waals surface area contributed by atoms with Gasteiger partial charge < -0.3 is 19.6 Å². The average Bonchev–Trinajstić information content (AvgIpc) is 3.47. The SMILES string of the molecule is NS(=O)(=O)OC[C@H]1C[C@@H](Nc2ncncc2C(=O)c2cc(C3CCCO3)co2)C[C@@H]1O. The molecule has 0 aromatic carbocycles. The van der Waals surface area contributed by atoms with E-state index in [0.717, 1.165) is 18.4 Å². The molecule has 2 aliphatic rings. The van der Waals surface area contributed by atoms with Crippen molar-refractivity contribution < 1.29 is 31.7 Å². The number of ether oxygens (including phenoxy) is 1. The van der Waals surface area contributed by atoms with Crippen molar-refractivity contribution in [3.05, 3.63) is 41.7 Å². The van der Waals surface area contributed by atoms with E-state index < -0.39 is 22.3 Å². The van der Waals surface area contributed by atoms with Crippen molar-refractivity contribution >= 4 is 21.9 Å². The molecule has 1 aliphatic carbocycles. The van der Waals surface area contributed by atoms with Crippen molar-refractivity contribution in [2.24, 2.45) is 11.1 Å². The molecule has 12 heteroatoms. The predicted molar refractivity (Wildman–Crippen MR) is 107 cm³/mol. The molecule has 1 unspecified atom stereocenters. The Kier molecular flexibility index (Phi) is 6.34. The molecular weight excluding hydrogens is 428 g/mol. The molecule has 31 heavy (non-hydrogen) atoms. The molecule has 4 rings (SSSR count). The zero-order valence-corrected chi connectivity index (χ0v) is 17.5. The van der Waals surface area contributed by atoms with Crippen LogP contribution in [0.2, 0.25) is 0 Å². The molecule has 11 nitrogen and oxygen atoms in total. The van der Waals surface area contributed by atoms with Crippen LogP contribution >= 0.6 is 0 Å². The lowest BCUT2D eigenvalue weighted by Gasteiger charge is -2.15. The van der Waals surface area contributed by atoms with Gasteiger partial charge in [0.05, 0.1) is 30.6 Å². The maximum absolute atomic E-state index is 13.0. The minimum atomic E-state index is -4.08. The summed E-state index contributed by atoms with van der Waals surface area (Å²) in [5, 5.41) is 18.2. The Morgan fingerprint density at radius 3 is 2.97 bits per heavy atom. The van der Waals surface area contributed by atoms with Crippen LogP contribution in [0.3, 0.4) is 0 Å². The van der Waals surface area contributed by atoms with E-state index in [1.54, 1.807) is 6.07 Å². The molecule has 0 spiro atoms. The van der Waals surface area contributed by atoms with Crippen molar-refractivity contribution in [3.63, 3.8) is 0 Å². The highest BCUT2D eigenvalue weighted by atomic mass is 32.2. The van der Waals surface area contributed by atoms with Crippen LogP contribution in [0.5, 0.6) is 0 Å². The first-order valence-electron chi connectivity index (χ1n) is 9.96. The van der Waals surface area contributed by atoms with Crippen LogP contribution in [0.25, 0.3) is 0 Å². The van der Waals surface area contributed by atoms with E-state index in [-0.39, 0.29) is 35.9 Å². The van der Waals surface area contributed by atoms with Crippen molar-refractivity contribution in [1.29, 1.82) is 0 Å². The van der Waals surface area contributed by atoms with Gasteiger partial charge in [-0.3, -0.25) is 8.98 Å².